The average Bonchev–Trinajstić information content (AvgIpc) is 4.03. The molecule has 2 aromatic carbocycles. The minimum Gasteiger partial charge on any atom is -0.453 e. The highest BCUT2D eigenvalue weighted by Crippen LogP contribution is 2.52. The van der Waals surface area contributed by atoms with Gasteiger partial charge in [0, 0.05) is 30.8 Å². The molecule has 4 amide bonds. The van der Waals surface area contributed by atoms with Crippen molar-refractivity contribution in [2.75, 3.05) is 38.8 Å². The molecule has 4 aromatic rings. The number of hydrogen-bond acceptors (Lipinski definition) is 10. The number of nitrogens with one attached hydrogen (secondary N) is 4. The lowest BCUT2D eigenvalue weighted by Gasteiger charge is -2.38. The Morgan fingerprint density at radius 1 is 0.881 bits per heavy atom. The van der Waals surface area contributed by atoms with Gasteiger partial charge in [-0.25, -0.2) is 19.6 Å². The van der Waals surface area contributed by atoms with E-state index in [0.29, 0.717) is 24.7 Å². The van der Waals surface area contributed by atoms with Crippen LogP contribution in [-0.2, 0) is 32.0 Å². The van der Waals surface area contributed by atoms with Crippen molar-refractivity contribution in [3.05, 3.63) is 59.9 Å². The summed E-state index contributed by atoms with van der Waals surface area (Å²) < 4.78 is 16.2. The van der Waals surface area contributed by atoms with Crippen molar-refractivity contribution >= 4 is 35.4 Å². The van der Waals surface area contributed by atoms with E-state index in [1.165, 1.54) is 19.8 Å². The van der Waals surface area contributed by atoms with Crippen molar-refractivity contribution in [1.29, 1.82) is 0 Å². The number of nitrogens with zero attached hydrogens (tertiary/aromatic N) is 5. The number of benzene rings is 2. The number of rotatable bonds is 13. The fourth-order valence-corrected chi connectivity index (χ4v) is 8.33. The minimum absolute atomic E-state index is 0.120. The number of H-pyrrole nitrogens is 2. The van der Waals surface area contributed by atoms with Gasteiger partial charge in [-0.05, 0) is 79.8 Å². The fourth-order valence-electron chi connectivity index (χ4n) is 8.33. The molecule has 59 heavy (non-hydrogen) atoms. The number of hydrogen-bond donors (Lipinski definition) is 4. The zero-order chi connectivity index (χ0) is 42.0. The van der Waals surface area contributed by atoms with Crippen molar-refractivity contribution in [2.45, 2.75) is 91.4 Å². The van der Waals surface area contributed by atoms with Crippen LogP contribution in [0.3, 0.4) is 0 Å². The molecule has 16 heteroatoms. The van der Waals surface area contributed by atoms with Gasteiger partial charge < -0.3 is 49.5 Å². The summed E-state index contributed by atoms with van der Waals surface area (Å²) in [6, 6.07) is 8.67. The largest absolute Gasteiger partial charge is 0.453 e. The zero-order valence-corrected chi connectivity index (χ0v) is 34.9. The number of amides is 4. The molecule has 3 atom stereocenters. The van der Waals surface area contributed by atoms with Crippen LogP contribution in [0, 0.1) is 11.8 Å². The highest BCUT2D eigenvalue weighted by Gasteiger charge is 2.38. The predicted octanol–water partition coefficient (Wildman–Crippen LogP) is 6.82. The van der Waals surface area contributed by atoms with E-state index >= 15 is 0 Å². The molecule has 16 nitrogen and oxygen atoms in total. The number of alkyl carbamates (subject to hydrolysis) is 2. The number of anilines is 2. The molecule has 4 N–H and O–H groups in total. The van der Waals surface area contributed by atoms with Crippen LogP contribution >= 0.6 is 0 Å². The number of aromatic nitrogens is 4. The van der Waals surface area contributed by atoms with Crippen LogP contribution in [-0.4, -0.2) is 99.7 Å². The first kappa shape index (κ1) is 41.1. The Morgan fingerprint density at radius 2 is 1.59 bits per heavy atom. The topological polar surface area (TPSA) is 187 Å². The highest BCUT2D eigenvalue weighted by molar-refractivity contribution is 5.88. The Bertz CT molecular complexity index is 2200. The Hall–Kier alpha value is -6.06. The van der Waals surface area contributed by atoms with Gasteiger partial charge in [0.05, 0.1) is 62.0 Å². The van der Waals surface area contributed by atoms with E-state index in [4.69, 9.17) is 19.2 Å². The fraction of sp³-hybridized carbons (Fsp3) is 0.488. The third kappa shape index (κ3) is 8.43. The maximum absolute atomic E-state index is 13.7. The number of carbonyl (C=O) groups excluding carboxylic acids is 4. The summed E-state index contributed by atoms with van der Waals surface area (Å²) in [5.74, 6) is 2.27. The first-order valence-corrected chi connectivity index (χ1v) is 20.5. The number of carbonyl (C=O) groups is 4. The number of likely N-dealkylation sites (tertiary alicyclic amines) is 1. The second-order valence-corrected chi connectivity index (χ2v) is 16.1. The summed E-state index contributed by atoms with van der Waals surface area (Å²) in [5, 5.41) is 5.40. The van der Waals surface area contributed by atoms with Crippen molar-refractivity contribution in [1.82, 2.24) is 40.4 Å². The van der Waals surface area contributed by atoms with Gasteiger partial charge in [0.1, 0.15) is 23.7 Å². The van der Waals surface area contributed by atoms with Gasteiger partial charge in [0.15, 0.2) is 11.5 Å². The number of imidazole rings is 2. The SMILES string of the molecule is CCCN(Cc1ncc(-c2ccc3c(c2)N2CCCc4cc(-c5cnc(C6CCCN6C(=O)C(NC(=O)OC)C(C)C)[nH]5)cc(c42)O3)[nH]1)C(=O)C(NC(=O)OC)C(C)C. The molecule has 1 saturated heterocycles. The lowest BCUT2D eigenvalue weighted by molar-refractivity contribution is -0.136. The number of aromatic amines is 2. The molecule has 2 aromatic heterocycles. The smallest absolute Gasteiger partial charge is 0.407 e. The summed E-state index contributed by atoms with van der Waals surface area (Å²) >= 11 is 0. The maximum Gasteiger partial charge on any atom is 0.407 e. The van der Waals surface area contributed by atoms with Crippen LogP contribution < -0.4 is 20.3 Å². The molecule has 3 unspecified atom stereocenters. The second-order valence-electron chi connectivity index (χ2n) is 16.1. The van der Waals surface area contributed by atoms with Gasteiger partial charge in [0.25, 0.3) is 0 Å². The summed E-state index contributed by atoms with van der Waals surface area (Å²) in [4.78, 5) is 73.6. The Morgan fingerprint density at radius 3 is 2.31 bits per heavy atom. The molecule has 314 valence electrons. The van der Waals surface area contributed by atoms with E-state index < -0.39 is 24.3 Å². The maximum atomic E-state index is 13.7. The van der Waals surface area contributed by atoms with Gasteiger partial charge in [-0.15, -0.1) is 0 Å². The van der Waals surface area contributed by atoms with Gasteiger partial charge in [-0.2, -0.15) is 0 Å². The molecule has 0 spiro atoms. The Kier molecular flexibility index (Phi) is 12.1. The van der Waals surface area contributed by atoms with Crippen LogP contribution in [0.2, 0.25) is 0 Å². The molecule has 0 saturated carbocycles. The minimum atomic E-state index is -0.726. The number of methoxy groups -OCH3 is 2. The molecule has 0 radical (unpaired) electrons. The van der Waals surface area contributed by atoms with Crippen LogP contribution in [0.1, 0.15) is 83.6 Å². The lowest BCUT2D eigenvalue weighted by Crippen LogP contribution is -2.51. The third-order valence-corrected chi connectivity index (χ3v) is 11.3. The molecule has 1 fully saturated rings. The number of ether oxygens (including phenoxy) is 3. The van der Waals surface area contributed by atoms with Crippen LogP contribution in [0.15, 0.2) is 42.7 Å². The van der Waals surface area contributed by atoms with Crippen LogP contribution in [0.4, 0.5) is 21.0 Å². The number of aryl methyl sites for hydroxylation is 1. The predicted molar refractivity (Wildman–Crippen MR) is 221 cm³/mol. The average molecular weight is 810 g/mol. The zero-order valence-electron chi connectivity index (χ0n) is 34.9. The highest BCUT2D eigenvalue weighted by atomic mass is 16.5. The molecule has 0 bridgehead atoms. The van der Waals surface area contributed by atoms with Crippen molar-refractivity contribution in [2.24, 2.45) is 11.8 Å². The third-order valence-electron chi connectivity index (χ3n) is 11.3. The molecule has 0 aliphatic carbocycles. The molecule has 3 aliphatic rings. The van der Waals surface area contributed by atoms with Crippen molar-refractivity contribution in [3.8, 4) is 34.0 Å². The van der Waals surface area contributed by atoms with Gasteiger partial charge in [0.2, 0.25) is 11.8 Å². The van der Waals surface area contributed by atoms with E-state index in [0.717, 1.165) is 84.0 Å². The van der Waals surface area contributed by atoms with E-state index in [1.807, 2.05) is 63.9 Å². The molecule has 5 heterocycles. The summed E-state index contributed by atoms with van der Waals surface area (Å²) in [7, 11) is 2.57. The van der Waals surface area contributed by atoms with Gasteiger partial charge >= 0.3 is 12.2 Å². The standard InChI is InChI=1S/C43H55N9O7/c1-8-15-50(40(53)36(24(2)3)48-42(55)57-6)23-35-44-21-29(46-35)26-13-14-33-32(19-26)51-16-9-11-27-18-28(20-34(59-33)38(27)51)30-22-45-39(47-30)31-12-10-17-52(31)41(54)37(25(4)5)49-43(56)58-7/h13-14,18-22,24-25,31,36-37H,8-12,15-17,23H2,1-7H3,(H,44,46)(H,45,47)(H,48,55)(H,49,56). The Labute approximate surface area is 344 Å². The van der Waals surface area contributed by atoms with E-state index in [2.05, 4.69) is 42.6 Å². The number of fused-ring (bicyclic) bond motifs is 2. The van der Waals surface area contributed by atoms with Crippen molar-refractivity contribution < 1.29 is 33.4 Å². The molecular formula is C43H55N9O7. The normalized spacial score (nSPS) is 16.5. The van der Waals surface area contributed by atoms with E-state index in [9.17, 15) is 19.2 Å². The van der Waals surface area contributed by atoms with E-state index in [1.54, 1.807) is 11.1 Å². The molecule has 7 rings (SSSR count). The van der Waals surface area contributed by atoms with Gasteiger partial charge in [-0.3, -0.25) is 9.59 Å². The van der Waals surface area contributed by atoms with E-state index in [-0.39, 0.29) is 36.2 Å². The Balaban J connectivity index is 1.09. The van der Waals surface area contributed by atoms with Crippen LogP contribution in [0.25, 0.3) is 22.5 Å². The monoisotopic (exact) mass is 809 g/mol. The second kappa shape index (κ2) is 17.4. The van der Waals surface area contributed by atoms with Crippen LogP contribution in [0.5, 0.6) is 11.5 Å². The quantitative estimate of drug-likeness (QED) is 0.112. The molecular weight excluding hydrogens is 755 g/mol. The first-order valence-electron chi connectivity index (χ1n) is 20.5. The lowest BCUT2D eigenvalue weighted by atomic mass is 9.95. The first-order chi connectivity index (χ1) is 28.4. The molecule has 3 aliphatic heterocycles. The summed E-state index contributed by atoms with van der Waals surface area (Å²) in [6.45, 7) is 11.8. The summed E-state index contributed by atoms with van der Waals surface area (Å²) in [5.41, 5.74) is 6.72. The van der Waals surface area contributed by atoms with Crippen molar-refractivity contribution in [3.63, 3.8) is 0 Å². The van der Waals surface area contributed by atoms with Gasteiger partial charge in [-0.1, -0.05) is 34.6 Å². The summed E-state index contributed by atoms with van der Waals surface area (Å²) in [6.07, 6.45) is 6.52.